The third-order valence-electron chi connectivity index (χ3n) is 3.83. The third kappa shape index (κ3) is 6.17. The van der Waals surface area contributed by atoms with E-state index in [1.807, 2.05) is 0 Å². The van der Waals surface area contributed by atoms with Crippen LogP contribution in [-0.4, -0.2) is 37.4 Å². The molecule has 0 bridgehead atoms. The number of carbonyl (C=O) groups excluding carboxylic acids is 1. The molecule has 0 spiro atoms. The molecule has 2 atom stereocenters. The molecule has 1 aromatic rings. The number of nitrogens with one attached hydrogen (secondary N) is 1. The SMILES string of the molecule is N#CC1CCOCC1N/C=C(/C(N)=O)C(N)=Nc1ccc(OC(F)(F)F)cc1. The third-order valence-corrected chi connectivity index (χ3v) is 3.83. The van der Waals surface area contributed by atoms with Crippen LogP contribution in [0.2, 0.25) is 0 Å². The van der Waals surface area contributed by atoms with Gasteiger partial charge in [-0.15, -0.1) is 13.2 Å². The zero-order chi connectivity index (χ0) is 20.7. The number of hydrogen-bond acceptors (Lipinski definition) is 6. The van der Waals surface area contributed by atoms with Crippen molar-refractivity contribution in [3.05, 3.63) is 36.0 Å². The Morgan fingerprint density at radius 3 is 2.61 bits per heavy atom. The molecule has 0 saturated carbocycles. The summed E-state index contributed by atoms with van der Waals surface area (Å²) in [4.78, 5) is 15.7. The average Bonchev–Trinajstić information content (AvgIpc) is 2.62. The second kappa shape index (κ2) is 9.09. The van der Waals surface area contributed by atoms with E-state index in [1.54, 1.807) is 0 Å². The molecule has 28 heavy (non-hydrogen) atoms. The maximum absolute atomic E-state index is 12.2. The van der Waals surface area contributed by atoms with Gasteiger partial charge in [0.2, 0.25) is 0 Å². The minimum absolute atomic E-state index is 0.141. The summed E-state index contributed by atoms with van der Waals surface area (Å²) in [5.41, 5.74) is 11.2. The van der Waals surface area contributed by atoms with E-state index < -0.39 is 18.0 Å². The topological polar surface area (TPSA) is 136 Å². The fourth-order valence-electron chi connectivity index (χ4n) is 2.44. The molecule has 2 unspecified atom stereocenters. The standard InChI is InChI=1S/C17H18F3N5O3/c18-17(19,20)28-12-3-1-11(2-4-12)25-15(22)13(16(23)26)8-24-14-9-27-6-5-10(14)7-21/h1-4,8,10,14,24H,5-6,9H2,(H2,22,25)(H2,23,26)/b13-8+. The number of halogens is 3. The number of amidine groups is 1. The van der Waals surface area contributed by atoms with Gasteiger partial charge in [0.1, 0.15) is 11.6 Å². The molecule has 0 radical (unpaired) electrons. The van der Waals surface area contributed by atoms with Gasteiger partial charge in [0.25, 0.3) is 5.91 Å². The van der Waals surface area contributed by atoms with Gasteiger partial charge >= 0.3 is 6.36 Å². The van der Waals surface area contributed by atoms with E-state index >= 15 is 0 Å². The lowest BCUT2D eigenvalue weighted by Crippen LogP contribution is -2.42. The first-order valence-electron chi connectivity index (χ1n) is 8.13. The van der Waals surface area contributed by atoms with E-state index in [4.69, 9.17) is 21.5 Å². The van der Waals surface area contributed by atoms with Crippen LogP contribution in [0.3, 0.4) is 0 Å². The number of carbonyl (C=O) groups is 1. The first kappa shape index (κ1) is 21.0. The quantitative estimate of drug-likeness (QED) is 0.378. The van der Waals surface area contributed by atoms with Crippen molar-refractivity contribution in [3.8, 4) is 11.8 Å². The largest absolute Gasteiger partial charge is 0.573 e. The first-order chi connectivity index (χ1) is 13.2. The van der Waals surface area contributed by atoms with Crippen molar-refractivity contribution in [2.24, 2.45) is 22.4 Å². The van der Waals surface area contributed by atoms with Crippen LogP contribution in [-0.2, 0) is 9.53 Å². The lowest BCUT2D eigenvalue weighted by molar-refractivity contribution is -0.274. The van der Waals surface area contributed by atoms with Gasteiger partial charge in [-0.2, -0.15) is 5.26 Å². The fraction of sp³-hybridized carbons (Fsp3) is 0.353. The van der Waals surface area contributed by atoms with Crippen molar-refractivity contribution in [2.75, 3.05) is 13.2 Å². The van der Waals surface area contributed by atoms with Crippen LogP contribution in [0, 0.1) is 17.2 Å². The van der Waals surface area contributed by atoms with Crippen molar-refractivity contribution in [2.45, 2.75) is 18.8 Å². The van der Waals surface area contributed by atoms with E-state index in [1.165, 1.54) is 18.3 Å². The van der Waals surface area contributed by atoms with Gasteiger partial charge in [-0.05, 0) is 30.7 Å². The Hall–Kier alpha value is -3.26. The molecular formula is C17H18F3N5O3. The lowest BCUT2D eigenvalue weighted by atomic mass is 9.96. The van der Waals surface area contributed by atoms with Gasteiger partial charge in [0, 0.05) is 12.8 Å². The number of benzene rings is 1. The number of nitrogens with two attached hydrogens (primary N) is 2. The molecule has 2 rings (SSSR count). The summed E-state index contributed by atoms with van der Waals surface area (Å²) in [5, 5.41) is 12.0. The molecule has 8 nitrogen and oxygen atoms in total. The second-order valence-corrected chi connectivity index (χ2v) is 5.83. The summed E-state index contributed by atoms with van der Waals surface area (Å²) in [7, 11) is 0. The minimum atomic E-state index is -4.80. The number of primary amides is 1. The van der Waals surface area contributed by atoms with E-state index in [-0.39, 0.29) is 35.7 Å². The van der Waals surface area contributed by atoms with Gasteiger partial charge in [-0.25, -0.2) is 4.99 Å². The number of nitrogens with zero attached hydrogens (tertiary/aromatic N) is 2. The molecule has 0 aromatic heterocycles. The van der Waals surface area contributed by atoms with Crippen LogP contribution in [0.15, 0.2) is 41.0 Å². The highest BCUT2D eigenvalue weighted by atomic mass is 19.4. The first-order valence-corrected chi connectivity index (χ1v) is 8.13. The van der Waals surface area contributed by atoms with E-state index in [0.717, 1.165) is 12.1 Å². The Morgan fingerprint density at radius 2 is 2.04 bits per heavy atom. The molecule has 1 heterocycles. The number of aliphatic imine (C=N–C) groups is 1. The Balaban J connectivity index is 2.14. The molecule has 1 amide bonds. The smallest absolute Gasteiger partial charge is 0.406 e. The van der Waals surface area contributed by atoms with Gasteiger partial charge in [-0.3, -0.25) is 4.79 Å². The zero-order valence-electron chi connectivity index (χ0n) is 14.6. The Morgan fingerprint density at radius 1 is 1.36 bits per heavy atom. The predicted molar refractivity (Wildman–Crippen MR) is 93.1 cm³/mol. The van der Waals surface area contributed by atoms with Crippen LogP contribution in [0.5, 0.6) is 5.75 Å². The number of rotatable bonds is 6. The maximum Gasteiger partial charge on any atom is 0.573 e. The normalized spacial score (nSPS) is 20.9. The average molecular weight is 397 g/mol. The number of alkyl halides is 3. The van der Waals surface area contributed by atoms with Crippen LogP contribution >= 0.6 is 0 Å². The Labute approximate surface area is 158 Å². The van der Waals surface area contributed by atoms with E-state index in [9.17, 15) is 18.0 Å². The summed E-state index contributed by atoms with van der Waals surface area (Å²) >= 11 is 0. The minimum Gasteiger partial charge on any atom is -0.406 e. The number of nitriles is 1. The number of amides is 1. The lowest BCUT2D eigenvalue weighted by Gasteiger charge is -2.27. The van der Waals surface area contributed by atoms with Crippen LogP contribution < -0.4 is 21.5 Å². The van der Waals surface area contributed by atoms with Gasteiger partial charge < -0.3 is 26.3 Å². The van der Waals surface area contributed by atoms with Crippen LogP contribution in [0.25, 0.3) is 0 Å². The molecule has 1 aromatic carbocycles. The molecule has 1 fully saturated rings. The van der Waals surface area contributed by atoms with E-state index in [0.29, 0.717) is 13.0 Å². The highest BCUT2D eigenvalue weighted by molar-refractivity contribution is 6.20. The molecule has 1 aliphatic heterocycles. The fourth-order valence-corrected chi connectivity index (χ4v) is 2.44. The van der Waals surface area contributed by atoms with Crippen LogP contribution in [0.4, 0.5) is 18.9 Å². The van der Waals surface area contributed by atoms with Crippen molar-refractivity contribution in [3.63, 3.8) is 0 Å². The second-order valence-electron chi connectivity index (χ2n) is 5.83. The number of ether oxygens (including phenoxy) is 2. The van der Waals surface area contributed by atoms with Gasteiger partial charge in [0.15, 0.2) is 0 Å². The molecule has 150 valence electrons. The molecule has 5 N–H and O–H groups in total. The molecule has 11 heteroatoms. The Kier molecular flexibility index (Phi) is 6.84. The molecule has 1 aliphatic rings. The van der Waals surface area contributed by atoms with Crippen molar-refractivity contribution in [1.82, 2.24) is 5.32 Å². The predicted octanol–water partition coefficient (Wildman–Crippen LogP) is 1.46. The van der Waals surface area contributed by atoms with Crippen molar-refractivity contribution < 1.29 is 27.4 Å². The summed E-state index contributed by atoms with van der Waals surface area (Å²) < 4.78 is 45.6. The van der Waals surface area contributed by atoms with Crippen LogP contribution in [0.1, 0.15) is 6.42 Å². The zero-order valence-corrected chi connectivity index (χ0v) is 14.6. The number of hydrogen-bond donors (Lipinski definition) is 3. The highest BCUT2D eigenvalue weighted by Gasteiger charge is 2.31. The summed E-state index contributed by atoms with van der Waals surface area (Å²) in [6, 6.07) is 6.40. The summed E-state index contributed by atoms with van der Waals surface area (Å²) in [6.45, 7) is 0.749. The molecule has 0 aliphatic carbocycles. The van der Waals surface area contributed by atoms with Gasteiger partial charge in [0.05, 0.1) is 35.9 Å². The van der Waals surface area contributed by atoms with E-state index in [2.05, 4.69) is 21.1 Å². The molecule has 1 saturated heterocycles. The summed E-state index contributed by atoms with van der Waals surface area (Å²) in [5.74, 6) is -1.83. The maximum atomic E-state index is 12.2. The Bertz CT molecular complexity index is 800. The van der Waals surface area contributed by atoms with Crippen molar-refractivity contribution >= 4 is 17.4 Å². The highest BCUT2D eigenvalue weighted by Crippen LogP contribution is 2.25. The summed E-state index contributed by atoms with van der Waals surface area (Å²) in [6.07, 6.45) is -3.00. The van der Waals surface area contributed by atoms with Crippen molar-refractivity contribution in [1.29, 1.82) is 5.26 Å². The van der Waals surface area contributed by atoms with Gasteiger partial charge in [-0.1, -0.05) is 0 Å². The molecular weight excluding hydrogens is 379 g/mol. The monoisotopic (exact) mass is 397 g/mol.